The van der Waals surface area contributed by atoms with Crippen LogP contribution in [-0.4, -0.2) is 5.78 Å². The molecule has 0 aliphatic rings. The molecule has 3 rings (SSSR count). The monoisotopic (exact) mass is 320 g/mol. The Hall–Kier alpha value is -2.38. The third kappa shape index (κ3) is 3.52. The standard InChI is InChI=1S/C21H17ClO/c1-15-7-9-18(10-8-15)21(23)20(16-5-3-2-4-6-16)17-11-13-19(22)14-12-17/h2-14,20H,1H3. The zero-order valence-electron chi connectivity index (χ0n) is 12.9. The van der Waals surface area contributed by atoms with Gasteiger partial charge in [0.05, 0.1) is 5.92 Å². The molecular weight excluding hydrogens is 304 g/mol. The van der Waals surface area contributed by atoms with Gasteiger partial charge in [0.25, 0.3) is 0 Å². The molecule has 3 aromatic rings. The average molecular weight is 321 g/mol. The Balaban J connectivity index is 2.06. The number of aryl methyl sites for hydroxylation is 1. The molecule has 0 radical (unpaired) electrons. The van der Waals surface area contributed by atoms with Gasteiger partial charge in [-0.15, -0.1) is 0 Å². The summed E-state index contributed by atoms with van der Waals surface area (Å²) in [4.78, 5) is 13.1. The number of benzene rings is 3. The maximum atomic E-state index is 13.1. The number of carbonyl (C=O) groups excluding carboxylic acids is 1. The summed E-state index contributed by atoms with van der Waals surface area (Å²) >= 11 is 5.99. The van der Waals surface area contributed by atoms with Crippen LogP contribution in [0.2, 0.25) is 5.02 Å². The van der Waals surface area contributed by atoms with Gasteiger partial charge in [-0.1, -0.05) is 83.9 Å². The molecule has 0 saturated carbocycles. The highest BCUT2D eigenvalue weighted by Crippen LogP contribution is 2.29. The van der Waals surface area contributed by atoms with E-state index in [9.17, 15) is 4.79 Å². The van der Waals surface area contributed by atoms with Crippen molar-refractivity contribution in [2.24, 2.45) is 0 Å². The first-order valence-electron chi connectivity index (χ1n) is 7.56. The summed E-state index contributed by atoms with van der Waals surface area (Å²) in [6, 6.07) is 25.1. The first-order valence-corrected chi connectivity index (χ1v) is 7.94. The molecule has 0 aliphatic carbocycles. The van der Waals surface area contributed by atoms with Gasteiger partial charge in [-0.2, -0.15) is 0 Å². The fourth-order valence-corrected chi connectivity index (χ4v) is 2.81. The average Bonchev–Trinajstić information content (AvgIpc) is 2.58. The van der Waals surface area contributed by atoms with Crippen LogP contribution in [0.15, 0.2) is 78.9 Å². The Morgan fingerprint density at radius 1 is 0.783 bits per heavy atom. The molecule has 0 fully saturated rings. The van der Waals surface area contributed by atoms with Gasteiger partial charge in [0, 0.05) is 10.6 Å². The molecule has 0 amide bonds. The minimum atomic E-state index is -0.323. The highest BCUT2D eigenvalue weighted by atomic mass is 35.5. The number of hydrogen-bond acceptors (Lipinski definition) is 1. The summed E-state index contributed by atoms with van der Waals surface area (Å²) in [5.41, 5.74) is 3.80. The molecule has 1 nitrogen and oxygen atoms in total. The van der Waals surface area contributed by atoms with Crippen LogP contribution in [0.5, 0.6) is 0 Å². The lowest BCUT2D eigenvalue weighted by Gasteiger charge is -2.17. The topological polar surface area (TPSA) is 17.1 Å². The summed E-state index contributed by atoms with van der Waals surface area (Å²) in [5, 5.41) is 0.670. The summed E-state index contributed by atoms with van der Waals surface area (Å²) in [6.45, 7) is 2.02. The molecule has 0 aliphatic heterocycles. The van der Waals surface area contributed by atoms with E-state index in [4.69, 9.17) is 11.6 Å². The smallest absolute Gasteiger partial charge is 0.174 e. The molecule has 2 heteroatoms. The molecular formula is C21H17ClO. The van der Waals surface area contributed by atoms with Crippen molar-refractivity contribution in [1.29, 1.82) is 0 Å². The quantitative estimate of drug-likeness (QED) is 0.566. The molecule has 0 spiro atoms. The second-order valence-corrected chi connectivity index (χ2v) is 6.06. The van der Waals surface area contributed by atoms with Crippen molar-refractivity contribution in [1.82, 2.24) is 0 Å². The van der Waals surface area contributed by atoms with E-state index in [0.717, 1.165) is 22.3 Å². The van der Waals surface area contributed by atoms with E-state index in [0.29, 0.717) is 5.02 Å². The van der Waals surface area contributed by atoms with Crippen LogP contribution >= 0.6 is 11.6 Å². The van der Waals surface area contributed by atoms with Crippen LogP contribution in [0.25, 0.3) is 0 Å². The van der Waals surface area contributed by atoms with Gasteiger partial charge < -0.3 is 0 Å². The van der Waals surface area contributed by atoms with E-state index in [1.165, 1.54) is 0 Å². The van der Waals surface area contributed by atoms with Crippen molar-refractivity contribution in [3.05, 3.63) is 106 Å². The van der Waals surface area contributed by atoms with Crippen molar-refractivity contribution in [2.75, 3.05) is 0 Å². The van der Waals surface area contributed by atoms with E-state index in [1.807, 2.05) is 85.8 Å². The summed E-state index contributed by atoms with van der Waals surface area (Å²) in [5.74, 6) is -0.227. The summed E-state index contributed by atoms with van der Waals surface area (Å²) in [6.07, 6.45) is 0. The van der Waals surface area contributed by atoms with Crippen molar-refractivity contribution in [3.63, 3.8) is 0 Å². The Kier molecular flexibility index (Phi) is 4.59. The molecule has 3 aromatic carbocycles. The third-order valence-electron chi connectivity index (χ3n) is 3.93. The highest BCUT2D eigenvalue weighted by Gasteiger charge is 2.23. The van der Waals surface area contributed by atoms with E-state index in [2.05, 4.69) is 0 Å². The SMILES string of the molecule is Cc1ccc(C(=O)C(c2ccccc2)c2ccc(Cl)cc2)cc1. The highest BCUT2D eigenvalue weighted by molar-refractivity contribution is 6.30. The minimum Gasteiger partial charge on any atom is -0.293 e. The number of carbonyl (C=O) groups is 1. The van der Waals surface area contributed by atoms with Crippen LogP contribution in [0.4, 0.5) is 0 Å². The minimum absolute atomic E-state index is 0.0959. The summed E-state index contributed by atoms with van der Waals surface area (Å²) < 4.78 is 0. The normalized spacial score (nSPS) is 11.9. The van der Waals surface area contributed by atoms with Crippen LogP contribution in [0.1, 0.15) is 33.0 Å². The molecule has 0 N–H and O–H groups in total. The zero-order valence-corrected chi connectivity index (χ0v) is 13.6. The van der Waals surface area contributed by atoms with Gasteiger partial charge in [-0.25, -0.2) is 0 Å². The Bertz CT molecular complexity index is 790. The predicted molar refractivity (Wildman–Crippen MR) is 95.2 cm³/mol. The number of ketones is 1. The number of halogens is 1. The Morgan fingerprint density at radius 3 is 1.96 bits per heavy atom. The molecule has 23 heavy (non-hydrogen) atoms. The van der Waals surface area contributed by atoms with Crippen LogP contribution in [0, 0.1) is 6.92 Å². The van der Waals surface area contributed by atoms with Gasteiger partial charge in [-0.3, -0.25) is 4.79 Å². The summed E-state index contributed by atoms with van der Waals surface area (Å²) in [7, 11) is 0. The second-order valence-electron chi connectivity index (χ2n) is 5.63. The largest absolute Gasteiger partial charge is 0.293 e. The molecule has 0 bridgehead atoms. The first kappa shape index (κ1) is 15.5. The molecule has 0 saturated heterocycles. The van der Waals surface area contributed by atoms with Crippen molar-refractivity contribution < 1.29 is 4.79 Å². The van der Waals surface area contributed by atoms with Gasteiger partial charge >= 0.3 is 0 Å². The van der Waals surface area contributed by atoms with E-state index in [-0.39, 0.29) is 11.7 Å². The number of rotatable bonds is 4. The second kappa shape index (κ2) is 6.80. The van der Waals surface area contributed by atoms with E-state index >= 15 is 0 Å². The lowest BCUT2D eigenvalue weighted by Crippen LogP contribution is -2.14. The van der Waals surface area contributed by atoms with Crippen molar-refractivity contribution in [3.8, 4) is 0 Å². The van der Waals surface area contributed by atoms with Crippen molar-refractivity contribution in [2.45, 2.75) is 12.8 Å². The van der Waals surface area contributed by atoms with Crippen LogP contribution < -0.4 is 0 Å². The van der Waals surface area contributed by atoms with Gasteiger partial charge in [0.2, 0.25) is 0 Å². The van der Waals surface area contributed by atoms with Crippen molar-refractivity contribution >= 4 is 17.4 Å². The number of hydrogen-bond donors (Lipinski definition) is 0. The molecule has 114 valence electrons. The van der Waals surface area contributed by atoms with Gasteiger partial charge in [0.15, 0.2) is 5.78 Å². The predicted octanol–water partition coefficient (Wildman–Crippen LogP) is 5.66. The molecule has 0 heterocycles. The van der Waals surface area contributed by atoms with Crippen LogP contribution in [0.3, 0.4) is 0 Å². The molecule has 1 unspecified atom stereocenters. The fraction of sp³-hybridized carbons (Fsp3) is 0.0952. The lowest BCUT2D eigenvalue weighted by atomic mass is 9.85. The maximum absolute atomic E-state index is 13.1. The third-order valence-corrected chi connectivity index (χ3v) is 4.19. The van der Waals surface area contributed by atoms with Gasteiger partial charge in [0.1, 0.15) is 0 Å². The zero-order chi connectivity index (χ0) is 16.2. The fourth-order valence-electron chi connectivity index (χ4n) is 2.68. The molecule has 0 aromatic heterocycles. The Labute approximate surface area is 141 Å². The Morgan fingerprint density at radius 2 is 1.35 bits per heavy atom. The van der Waals surface area contributed by atoms with Gasteiger partial charge in [-0.05, 0) is 30.2 Å². The maximum Gasteiger partial charge on any atom is 0.174 e. The van der Waals surface area contributed by atoms with Crippen LogP contribution in [-0.2, 0) is 0 Å². The van der Waals surface area contributed by atoms with E-state index < -0.39 is 0 Å². The number of Topliss-reactive ketones (excluding diaryl/α,β-unsaturated/α-hetero) is 1. The van der Waals surface area contributed by atoms with E-state index in [1.54, 1.807) is 0 Å². The first-order chi connectivity index (χ1) is 11.1. The lowest BCUT2D eigenvalue weighted by molar-refractivity contribution is 0.0974. The molecule has 1 atom stereocenters.